The zero-order valence-electron chi connectivity index (χ0n) is 18.9. The van der Waals surface area contributed by atoms with Crippen molar-refractivity contribution in [1.29, 1.82) is 0 Å². The summed E-state index contributed by atoms with van der Waals surface area (Å²) in [5.74, 6) is 0.476. The van der Waals surface area contributed by atoms with Gasteiger partial charge in [0.2, 0.25) is 0 Å². The second-order valence-electron chi connectivity index (χ2n) is 7.11. The Morgan fingerprint density at radius 2 is 1.79 bits per heavy atom. The largest absolute Gasteiger partial charge is 0.497 e. The minimum absolute atomic E-state index is 0.0480. The molecular formula is C24H24ClN3O5S. The number of nitrogens with one attached hydrogen (secondary N) is 1. The highest BCUT2D eigenvalue weighted by Crippen LogP contribution is 2.30. The van der Waals surface area contributed by atoms with E-state index < -0.39 is 22.5 Å². The van der Waals surface area contributed by atoms with E-state index in [4.69, 9.17) is 21.1 Å². The fourth-order valence-corrected chi connectivity index (χ4v) is 4.83. The molecular weight excluding hydrogens is 478 g/mol. The SMILES string of the molecule is COc1ccc(OC)c(/C=N\NC(=O)CN(c2cccc(Cl)c2C)S(=O)(=O)c2ccccc2)c1. The van der Waals surface area contributed by atoms with Crippen molar-refractivity contribution >= 4 is 39.4 Å². The number of amides is 1. The van der Waals surface area contributed by atoms with Crippen molar-refractivity contribution < 1.29 is 22.7 Å². The van der Waals surface area contributed by atoms with E-state index in [2.05, 4.69) is 10.5 Å². The third kappa shape index (κ3) is 5.67. The standard InChI is InChI=1S/C24H24ClN3O5S/c1-17-21(25)10-7-11-22(17)28(34(30,31)20-8-5-4-6-9-20)16-24(29)27-26-15-18-14-19(32-2)12-13-23(18)33-3/h4-15H,16H2,1-3H3,(H,27,29)/b26-15-. The number of halogens is 1. The predicted octanol–water partition coefficient (Wildman–Crippen LogP) is 4.01. The van der Waals surface area contributed by atoms with Gasteiger partial charge in [-0.15, -0.1) is 0 Å². The van der Waals surface area contributed by atoms with Gasteiger partial charge in [0.15, 0.2) is 0 Å². The van der Waals surface area contributed by atoms with E-state index in [1.807, 2.05) is 0 Å². The first-order valence-electron chi connectivity index (χ1n) is 10.1. The van der Waals surface area contributed by atoms with Crippen LogP contribution in [0.25, 0.3) is 0 Å². The normalized spacial score (nSPS) is 11.3. The van der Waals surface area contributed by atoms with Gasteiger partial charge >= 0.3 is 0 Å². The molecule has 8 nitrogen and oxygen atoms in total. The van der Waals surface area contributed by atoms with Gasteiger partial charge in [0.1, 0.15) is 18.0 Å². The van der Waals surface area contributed by atoms with Crippen LogP contribution in [0.3, 0.4) is 0 Å². The molecule has 0 saturated carbocycles. The first-order chi connectivity index (χ1) is 16.3. The van der Waals surface area contributed by atoms with E-state index in [0.717, 1.165) is 4.31 Å². The van der Waals surface area contributed by atoms with Crippen LogP contribution in [0.4, 0.5) is 5.69 Å². The minimum atomic E-state index is -4.06. The Kier molecular flexibility index (Phi) is 8.14. The molecule has 1 N–H and O–H groups in total. The summed E-state index contributed by atoms with van der Waals surface area (Å²) in [6, 6.07) is 17.9. The van der Waals surface area contributed by atoms with Crippen LogP contribution in [0.2, 0.25) is 5.02 Å². The number of hydrogen-bond donors (Lipinski definition) is 1. The summed E-state index contributed by atoms with van der Waals surface area (Å²) in [6.07, 6.45) is 1.39. The van der Waals surface area contributed by atoms with Gasteiger partial charge in [0.25, 0.3) is 15.9 Å². The Labute approximate surface area is 203 Å². The third-order valence-electron chi connectivity index (χ3n) is 4.96. The summed E-state index contributed by atoms with van der Waals surface area (Å²) in [7, 11) is -1.02. The summed E-state index contributed by atoms with van der Waals surface area (Å²) in [6.45, 7) is 1.18. The Bertz CT molecular complexity index is 1300. The van der Waals surface area contributed by atoms with Crippen molar-refractivity contribution in [2.75, 3.05) is 25.1 Å². The quantitative estimate of drug-likeness (QED) is 0.353. The van der Waals surface area contributed by atoms with Crippen LogP contribution in [-0.4, -0.2) is 41.3 Å². The van der Waals surface area contributed by atoms with E-state index in [1.165, 1.54) is 32.6 Å². The Morgan fingerprint density at radius 1 is 1.06 bits per heavy atom. The summed E-state index contributed by atoms with van der Waals surface area (Å²) in [5.41, 5.74) is 3.77. The van der Waals surface area contributed by atoms with E-state index in [0.29, 0.717) is 33.3 Å². The minimum Gasteiger partial charge on any atom is -0.497 e. The van der Waals surface area contributed by atoms with Crippen LogP contribution < -0.4 is 19.2 Å². The number of rotatable bonds is 9. The molecule has 10 heteroatoms. The molecule has 178 valence electrons. The molecule has 0 bridgehead atoms. The van der Waals surface area contributed by atoms with Crippen LogP contribution in [0.15, 0.2) is 76.7 Å². The lowest BCUT2D eigenvalue weighted by atomic mass is 10.2. The lowest BCUT2D eigenvalue weighted by Crippen LogP contribution is -2.40. The lowest BCUT2D eigenvalue weighted by molar-refractivity contribution is -0.119. The number of benzene rings is 3. The lowest BCUT2D eigenvalue weighted by Gasteiger charge is -2.25. The predicted molar refractivity (Wildman–Crippen MR) is 132 cm³/mol. The number of methoxy groups -OCH3 is 2. The highest BCUT2D eigenvalue weighted by Gasteiger charge is 2.28. The molecule has 0 spiro atoms. The fourth-order valence-electron chi connectivity index (χ4n) is 3.17. The molecule has 0 aliphatic heterocycles. The molecule has 0 aliphatic carbocycles. The maximum Gasteiger partial charge on any atom is 0.264 e. The molecule has 0 atom stereocenters. The van der Waals surface area contributed by atoms with Gasteiger partial charge in [-0.25, -0.2) is 13.8 Å². The van der Waals surface area contributed by atoms with Crippen molar-refractivity contribution in [3.8, 4) is 11.5 Å². The Balaban J connectivity index is 1.88. The molecule has 3 aromatic rings. The Hall–Kier alpha value is -3.56. The maximum atomic E-state index is 13.4. The molecule has 0 heterocycles. The highest BCUT2D eigenvalue weighted by molar-refractivity contribution is 7.92. The van der Waals surface area contributed by atoms with Crippen molar-refractivity contribution in [2.45, 2.75) is 11.8 Å². The first-order valence-corrected chi connectivity index (χ1v) is 12.0. The summed E-state index contributed by atoms with van der Waals surface area (Å²) >= 11 is 6.23. The van der Waals surface area contributed by atoms with Crippen LogP contribution in [0.5, 0.6) is 11.5 Å². The van der Waals surface area contributed by atoms with Gasteiger partial charge in [0, 0.05) is 10.6 Å². The van der Waals surface area contributed by atoms with Crippen LogP contribution >= 0.6 is 11.6 Å². The molecule has 0 radical (unpaired) electrons. The number of carbonyl (C=O) groups is 1. The number of carbonyl (C=O) groups excluding carboxylic acids is 1. The molecule has 0 fully saturated rings. The number of hydrazone groups is 1. The summed E-state index contributed by atoms with van der Waals surface area (Å²) in [5, 5.41) is 4.34. The first kappa shape index (κ1) is 25.1. The van der Waals surface area contributed by atoms with Gasteiger partial charge < -0.3 is 9.47 Å². The van der Waals surface area contributed by atoms with Crippen molar-refractivity contribution in [1.82, 2.24) is 5.43 Å². The zero-order valence-corrected chi connectivity index (χ0v) is 20.4. The fraction of sp³-hybridized carbons (Fsp3) is 0.167. The summed E-state index contributed by atoms with van der Waals surface area (Å²) < 4.78 is 38.3. The van der Waals surface area contributed by atoms with Gasteiger partial charge in [-0.05, 0) is 55.0 Å². The molecule has 0 aliphatic rings. The maximum absolute atomic E-state index is 13.4. The van der Waals surface area contributed by atoms with Gasteiger partial charge in [-0.1, -0.05) is 35.9 Å². The van der Waals surface area contributed by atoms with Crippen molar-refractivity contribution in [2.24, 2.45) is 5.10 Å². The van der Waals surface area contributed by atoms with Crippen LogP contribution in [0.1, 0.15) is 11.1 Å². The van der Waals surface area contributed by atoms with Gasteiger partial charge in [-0.2, -0.15) is 5.10 Å². The molecule has 3 rings (SSSR count). The van der Waals surface area contributed by atoms with Crippen molar-refractivity contribution in [3.63, 3.8) is 0 Å². The Morgan fingerprint density at radius 3 is 2.47 bits per heavy atom. The molecule has 1 amide bonds. The van der Waals surface area contributed by atoms with Gasteiger partial charge in [-0.3, -0.25) is 9.10 Å². The van der Waals surface area contributed by atoms with E-state index in [-0.39, 0.29) is 4.90 Å². The highest BCUT2D eigenvalue weighted by atomic mass is 35.5. The smallest absolute Gasteiger partial charge is 0.264 e. The number of nitrogens with zero attached hydrogens (tertiary/aromatic N) is 2. The monoisotopic (exact) mass is 501 g/mol. The van der Waals surface area contributed by atoms with E-state index >= 15 is 0 Å². The van der Waals surface area contributed by atoms with E-state index in [1.54, 1.807) is 61.5 Å². The van der Waals surface area contributed by atoms with E-state index in [9.17, 15) is 13.2 Å². The third-order valence-corrected chi connectivity index (χ3v) is 7.14. The molecule has 34 heavy (non-hydrogen) atoms. The molecule has 3 aromatic carbocycles. The number of sulfonamides is 1. The van der Waals surface area contributed by atoms with Gasteiger partial charge in [0.05, 0.1) is 31.0 Å². The number of anilines is 1. The van der Waals surface area contributed by atoms with Crippen LogP contribution in [-0.2, 0) is 14.8 Å². The van der Waals surface area contributed by atoms with Crippen LogP contribution in [0, 0.1) is 6.92 Å². The average molecular weight is 502 g/mol. The molecule has 0 saturated heterocycles. The number of hydrogen-bond acceptors (Lipinski definition) is 6. The average Bonchev–Trinajstić information content (AvgIpc) is 2.85. The molecule has 0 aromatic heterocycles. The number of ether oxygens (including phenoxy) is 2. The second kappa shape index (κ2) is 11.0. The van der Waals surface area contributed by atoms with Crippen molar-refractivity contribution in [3.05, 3.63) is 82.9 Å². The topological polar surface area (TPSA) is 97.3 Å². The summed E-state index contributed by atoms with van der Waals surface area (Å²) in [4.78, 5) is 12.8. The zero-order chi connectivity index (χ0) is 24.7. The second-order valence-corrected chi connectivity index (χ2v) is 9.38. The molecule has 0 unspecified atom stereocenters.